The van der Waals surface area contributed by atoms with E-state index < -0.39 is 28.1 Å². The molecule has 0 aliphatic heterocycles. The van der Waals surface area contributed by atoms with Crippen molar-refractivity contribution >= 4 is 28.1 Å². The Balaban J connectivity index is 5.67. The summed E-state index contributed by atoms with van der Waals surface area (Å²) in [5.74, 6) is 3.71. The maximum atomic E-state index is 12.2. The maximum Gasteiger partial charge on any atom is 0.392 e. The van der Waals surface area contributed by atoms with Gasteiger partial charge in [0.05, 0.1) is 0 Å². The molecule has 29 heavy (non-hydrogen) atoms. The van der Waals surface area contributed by atoms with Crippen LogP contribution in [0.5, 0.6) is 0 Å². The monoisotopic (exact) mass is 434 g/mol. The molecule has 0 radical (unpaired) electrons. The first-order chi connectivity index (χ1) is 13.2. The van der Waals surface area contributed by atoms with Crippen molar-refractivity contribution in [1.29, 1.82) is 0 Å². The number of rotatable bonds is 6. The van der Waals surface area contributed by atoms with Gasteiger partial charge in [0.1, 0.15) is 16.1 Å². The van der Waals surface area contributed by atoms with Gasteiger partial charge in [0.15, 0.2) is 0 Å². The molecule has 3 nitrogen and oxygen atoms in total. The molecule has 0 heterocycles. The maximum absolute atomic E-state index is 12.2. The molecular formula is C24H42O3Si2. The summed E-state index contributed by atoms with van der Waals surface area (Å²) in [7, 11) is -4.07. The molecule has 0 unspecified atom stereocenters. The highest BCUT2D eigenvalue weighted by Gasteiger charge is 2.43. The van der Waals surface area contributed by atoms with Gasteiger partial charge in [-0.1, -0.05) is 83.1 Å². The molecule has 0 bridgehead atoms. The molecule has 0 aliphatic rings. The number of esters is 2. The van der Waals surface area contributed by atoms with Gasteiger partial charge >= 0.3 is 11.9 Å². The lowest BCUT2D eigenvalue weighted by Crippen LogP contribution is -2.43. The van der Waals surface area contributed by atoms with E-state index in [1.807, 2.05) is 0 Å². The van der Waals surface area contributed by atoms with E-state index in [0.29, 0.717) is 33.2 Å². The summed E-state index contributed by atoms with van der Waals surface area (Å²) >= 11 is 0. The lowest BCUT2D eigenvalue weighted by molar-refractivity contribution is -0.151. The van der Waals surface area contributed by atoms with Crippen LogP contribution in [-0.2, 0) is 14.3 Å². The Morgan fingerprint density at radius 1 is 0.517 bits per heavy atom. The first kappa shape index (κ1) is 27.7. The minimum Gasteiger partial charge on any atom is -0.373 e. The van der Waals surface area contributed by atoms with Crippen molar-refractivity contribution in [2.24, 2.45) is 0 Å². The third kappa shape index (κ3) is 6.33. The molecule has 0 N–H and O–H groups in total. The van der Waals surface area contributed by atoms with Crippen molar-refractivity contribution in [3.8, 4) is 22.9 Å². The zero-order chi connectivity index (χ0) is 23.2. The third-order valence-corrected chi connectivity index (χ3v) is 19.3. The Bertz CT molecular complexity index is 592. The molecular weight excluding hydrogens is 392 g/mol. The minimum absolute atomic E-state index is 0.410. The average Bonchev–Trinajstić information content (AvgIpc) is 2.53. The Morgan fingerprint density at radius 2 is 0.724 bits per heavy atom. The van der Waals surface area contributed by atoms with E-state index in [1.165, 1.54) is 0 Å². The van der Waals surface area contributed by atoms with Crippen molar-refractivity contribution in [2.75, 3.05) is 0 Å². The van der Waals surface area contributed by atoms with Gasteiger partial charge in [0.25, 0.3) is 0 Å². The Labute approximate surface area is 181 Å². The molecule has 0 aromatic rings. The van der Waals surface area contributed by atoms with Gasteiger partial charge in [-0.05, 0) is 33.2 Å². The molecule has 0 saturated heterocycles. The number of hydrogen-bond donors (Lipinski definition) is 0. The molecule has 0 aromatic carbocycles. The molecule has 0 rings (SSSR count). The highest BCUT2D eigenvalue weighted by Crippen LogP contribution is 2.41. The van der Waals surface area contributed by atoms with E-state index in [0.717, 1.165) is 0 Å². The smallest absolute Gasteiger partial charge is 0.373 e. The Hall–Kier alpha value is -1.31. The van der Waals surface area contributed by atoms with E-state index in [4.69, 9.17) is 4.74 Å². The summed E-state index contributed by atoms with van der Waals surface area (Å²) in [4.78, 5) is 24.5. The van der Waals surface area contributed by atoms with E-state index in [2.05, 4.69) is 106 Å². The SMILES string of the molecule is CC(C)[Si](C#CC(=O)OC(=O)C#C[Si](C(C)C)(C(C)C)C(C)C)(C(C)C)C(C)C. The molecule has 0 atom stereocenters. The Kier molecular flexibility index (Phi) is 10.7. The fourth-order valence-electron chi connectivity index (χ4n) is 5.32. The number of carbonyl (C=O) groups excluding carboxylic acids is 2. The van der Waals surface area contributed by atoms with E-state index >= 15 is 0 Å². The zero-order valence-electron chi connectivity index (χ0n) is 20.7. The Morgan fingerprint density at radius 3 is 0.897 bits per heavy atom. The second-order valence-corrected chi connectivity index (χ2v) is 21.1. The fraction of sp³-hybridized carbons (Fsp3) is 0.750. The summed E-state index contributed by atoms with van der Waals surface area (Å²) in [6, 6.07) is 0. The summed E-state index contributed by atoms with van der Waals surface area (Å²) in [6.45, 7) is 26.1. The zero-order valence-corrected chi connectivity index (χ0v) is 22.7. The van der Waals surface area contributed by atoms with Crippen LogP contribution in [0.25, 0.3) is 0 Å². The first-order valence-corrected chi connectivity index (χ1v) is 15.4. The van der Waals surface area contributed by atoms with Gasteiger partial charge < -0.3 is 4.74 Å². The fourth-order valence-corrected chi connectivity index (χ4v) is 15.7. The number of ether oxygens (including phenoxy) is 1. The molecule has 164 valence electrons. The van der Waals surface area contributed by atoms with Crippen molar-refractivity contribution in [1.82, 2.24) is 0 Å². The van der Waals surface area contributed by atoms with Crippen molar-refractivity contribution in [2.45, 2.75) is 116 Å². The van der Waals surface area contributed by atoms with Crippen LogP contribution in [0.4, 0.5) is 0 Å². The molecule has 0 fully saturated rings. The highest BCUT2D eigenvalue weighted by molar-refractivity contribution is 6.91. The van der Waals surface area contributed by atoms with Crippen LogP contribution in [0.3, 0.4) is 0 Å². The van der Waals surface area contributed by atoms with Crippen molar-refractivity contribution in [3.05, 3.63) is 0 Å². The predicted octanol–water partition coefficient (Wildman–Crippen LogP) is 6.50. The summed E-state index contributed by atoms with van der Waals surface area (Å²) in [5.41, 5.74) is 9.03. The highest BCUT2D eigenvalue weighted by atomic mass is 28.3. The quantitative estimate of drug-likeness (QED) is 0.207. The second kappa shape index (κ2) is 11.2. The van der Waals surface area contributed by atoms with Crippen LogP contribution in [0.2, 0.25) is 33.2 Å². The van der Waals surface area contributed by atoms with Gasteiger partial charge in [-0.25, -0.2) is 9.59 Å². The van der Waals surface area contributed by atoms with Crippen LogP contribution >= 0.6 is 0 Å². The van der Waals surface area contributed by atoms with E-state index in [-0.39, 0.29) is 0 Å². The van der Waals surface area contributed by atoms with Crippen LogP contribution in [0.15, 0.2) is 0 Å². The largest absolute Gasteiger partial charge is 0.392 e. The van der Waals surface area contributed by atoms with Crippen LogP contribution in [0.1, 0.15) is 83.1 Å². The molecule has 0 spiro atoms. The molecule has 0 amide bonds. The van der Waals surface area contributed by atoms with Crippen molar-refractivity contribution < 1.29 is 14.3 Å². The summed E-state index contributed by atoms with van der Waals surface area (Å²) in [5, 5.41) is 0. The second-order valence-electron chi connectivity index (χ2n) is 9.97. The number of hydrogen-bond acceptors (Lipinski definition) is 3. The summed E-state index contributed by atoms with van der Waals surface area (Å²) in [6.07, 6.45) is 0. The lowest BCUT2D eigenvalue weighted by Gasteiger charge is -2.37. The molecule has 0 saturated carbocycles. The van der Waals surface area contributed by atoms with Crippen LogP contribution in [0, 0.1) is 22.9 Å². The molecule has 0 aromatic heterocycles. The van der Waals surface area contributed by atoms with Crippen LogP contribution in [-0.4, -0.2) is 28.1 Å². The number of carbonyl (C=O) groups is 2. The summed E-state index contributed by atoms with van der Waals surface area (Å²) < 4.78 is 4.94. The normalized spacial score (nSPS) is 12.3. The van der Waals surface area contributed by atoms with E-state index in [9.17, 15) is 9.59 Å². The predicted molar refractivity (Wildman–Crippen MR) is 129 cm³/mol. The van der Waals surface area contributed by atoms with Gasteiger partial charge in [-0.3, -0.25) is 0 Å². The van der Waals surface area contributed by atoms with E-state index in [1.54, 1.807) is 0 Å². The lowest BCUT2D eigenvalue weighted by atomic mass is 10.5. The van der Waals surface area contributed by atoms with Gasteiger partial charge in [0, 0.05) is 11.8 Å². The first-order valence-electron chi connectivity index (χ1n) is 11.0. The molecule has 0 aliphatic carbocycles. The average molecular weight is 435 g/mol. The van der Waals surface area contributed by atoms with Gasteiger partial charge in [-0.2, -0.15) is 0 Å². The van der Waals surface area contributed by atoms with Crippen molar-refractivity contribution in [3.63, 3.8) is 0 Å². The van der Waals surface area contributed by atoms with Crippen LogP contribution < -0.4 is 0 Å². The van der Waals surface area contributed by atoms with Gasteiger partial charge in [-0.15, -0.1) is 11.1 Å². The van der Waals surface area contributed by atoms with Gasteiger partial charge in [0.2, 0.25) is 0 Å². The molecule has 5 heteroatoms. The standard InChI is InChI=1S/C24H42O3Si2/c1-17(2)28(18(3)4,19(5)6)15-13-23(25)27-24(26)14-16-29(20(7)8,21(9)10)22(11)12/h17-22H,1-12H3. The topological polar surface area (TPSA) is 43.4 Å². The third-order valence-electron chi connectivity index (χ3n) is 6.68. The minimum atomic E-state index is -2.04.